The first-order valence-corrected chi connectivity index (χ1v) is 8.15. The smallest absolute Gasteiger partial charge is 0.151 e. The van der Waals surface area contributed by atoms with Crippen molar-refractivity contribution in [2.45, 2.75) is 37.4 Å². The van der Waals surface area contributed by atoms with Crippen LogP contribution < -0.4 is 10.6 Å². The summed E-state index contributed by atoms with van der Waals surface area (Å²) in [5.41, 5.74) is -1.17. The second-order valence-corrected chi connectivity index (χ2v) is 7.46. The van der Waals surface area contributed by atoms with E-state index < -0.39 is 15.5 Å². The lowest BCUT2D eigenvalue weighted by molar-refractivity contribution is 0.137. The Labute approximate surface area is 102 Å². The monoisotopic (exact) mass is 264 g/mol. The second-order valence-electron chi connectivity index (χ2n) is 5.24. The maximum Gasteiger partial charge on any atom is 0.151 e. The minimum atomic E-state index is -2.87. The lowest BCUT2D eigenvalue weighted by atomic mass is 9.96. The van der Waals surface area contributed by atoms with Gasteiger partial charge in [0.2, 0.25) is 0 Å². The average Bonchev–Trinajstić information content (AvgIpc) is 2.47. The Balaban J connectivity index is 1.81. The number of halogens is 1. The van der Waals surface area contributed by atoms with Gasteiger partial charge in [-0.2, -0.15) is 0 Å². The number of hydrogen-bond donors (Lipinski definition) is 2. The zero-order valence-corrected chi connectivity index (χ0v) is 10.9. The van der Waals surface area contributed by atoms with Crippen LogP contribution in [0.15, 0.2) is 0 Å². The van der Waals surface area contributed by atoms with Gasteiger partial charge in [-0.15, -0.1) is 0 Å². The van der Waals surface area contributed by atoms with E-state index in [-0.39, 0.29) is 24.1 Å². The zero-order valence-electron chi connectivity index (χ0n) is 10.0. The van der Waals surface area contributed by atoms with Crippen molar-refractivity contribution >= 4 is 9.84 Å². The summed E-state index contributed by atoms with van der Waals surface area (Å²) in [6.07, 6.45) is 2.55. The molecule has 2 N–H and O–H groups in total. The molecule has 2 aliphatic rings. The largest absolute Gasteiger partial charge is 0.317 e. The number of alkyl halides is 1. The third-order valence-electron chi connectivity index (χ3n) is 3.67. The lowest BCUT2D eigenvalue weighted by Gasteiger charge is -2.25. The summed E-state index contributed by atoms with van der Waals surface area (Å²) in [6, 6.07) is -0.0520. The third kappa shape index (κ3) is 3.89. The zero-order chi connectivity index (χ0) is 12.4. The lowest BCUT2D eigenvalue weighted by Crippen LogP contribution is -2.42. The summed E-state index contributed by atoms with van der Waals surface area (Å²) < 4.78 is 37.0. The molecule has 4 nitrogen and oxygen atoms in total. The fourth-order valence-corrected chi connectivity index (χ4v) is 4.26. The third-order valence-corrected chi connectivity index (χ3v) is 5.44. The van der Waals surface area contributed by atoms with Crippen molar-refractivity contribution in [3.05, 3.63) is 0 Å². The van der Waals surface area contributed by atoms with Gasteiger partial charge in [0.15, 0.2) is 9.84 Å². The van der Waals surface area contributed by atoms with Crippen LogP contribution in [0, 0.1) is 0 Å². The molecule has 2 unspecified atom stereocenters. The van der Waals surface area contributed by atoms with Gasteiger partial charge >= 0.3 is 0 Å². The highest BCUT2D eigenvalue weighted by atomic mass is 32.2. The van der Waals surface area contributed by atoms with E-state index in [1.807, 2.05) is 0 Å². The van der Waals surface area contributed by atoms with E-state index in [9.17, 15) is 12.8 Å². The highest BCUT2D eigenvalue weighted by molar-refractivity contribution is 7.91. The van der Waals surface area contributed by atoms with Gasteiger partial charge in [-0.25, -0.2) is 12.8 Å². The predicted octanol–water partition coefficient (Wildman–Crippen LogP) is 0.245. The van der Waals surface area contributed by atoms with Gasteiger partial charge < -0.3 is 10.6 Å². The number of nitrogens with one attached hydrogen (secondary N) is 2. The summed E-state index contributed by atoms with van der Waals surface area (Å²) in [5, 5.41) is 6.27. The van der Waals surface area contributed by atoms with Gasteiger partial charge in [0, 0.05) is 12.6 Å². The summed E-state index contributed by atoms with van der Waals surface area (Å²) in [4.78, 5) is 0. The summed E-state index contributed by atoms with van der Waals surface area (Å²) in [5.74, 6) is 0.410. The van der Waals surface area contributed by atoms with Gasteiger partial charge in [0.25, 0.3) is 0 Å². The Hall–Kier alpha value is -0.200. The Morgan fingerprint density at radius 3 is 2.88 bits per heavy atom. The molecule has 2 saturated heterocycles. The van der Waals surface area contributed by atoms with E-state index in [2.05, 4.69) is 10.6 Å². The van der Waals surface area contributed by atoms with Crippen LogP contribution in [-0.4, -0.2) is 51.3 Å². The minimum Gasteiger partial charge on any atom is -0.317 e. The first-order chi connectivity index (χ1) is 7.99. The molecular weight excluding hydrogens is 243 g/mol. The molecule has 0 spiro atoms. The van der Waals surface area contributed by atoms with Crippen molar-refractivity contribution in [2.24, 2.45) is 0 Å². The van der Waals surface area contributed by atoms with Crippen LogP contribution in [0.3, 0.4) is 0 Å². The Morgan fingerprint density at radius 2 is 2.18 bits per heavy atom. The van der Waals surface area contributed by atoms with Crippen LogP contribution >= 0.6 is 0 Å². The number of rotatable bonds is 3. The topological polar surface area (TPSA) is 58.2 Å². The van der Waals surface area contributed by atoms with Crippen molar-refractivity contribution in [3.63, 3.8) is 0 Å². The molecule has 0 aromatic carbocycles. The standard InChI is InChI=1S/C11H21FN2O2S/c12-11(3-1-5-13-6-4-11)9-14-10-2-7-17(15,16)8-10/h10,13-14H,1-9H2. The molecule has 0 amide bonds. The van der Waals surface area contributed by atoms with Crippen LogP contribution in [0.2, 0.25) is 0 Å². The van der Waals surface area contributed by atoms with E-state index in [4.69, 9.17) is 0 Å². The van der Waals surface area contributed by atoms with Gasteiger partial charge in [0.1, 0.15) is 5.67 Å². The maximum absolute atomic E-state index is 14.4. The molecule has 0 radical (unpaired) electrons. The van der Waals surface area contributed by atoms with Crippen LogP contribution in [0.25, 0.3) is 0 Å². The highest BCUT2D eigenvalue weighted by Crippen LogP contribution is 2.24. The summed E-state index contributed by atoms with van der Waals surface area (Å²) in [6.45, 7) is 1.87. The molecule has 6 heteroatoms. The highest BCUT2D eigenvalue weighted by Gasteiger charge is 2.33. The van der Waals surface area contributed by atoms with Crippen molar-refractivity contribution in [3.8, 4) is 0 Å². The van der Waals surface area contributed by atoms with Gasteiger partial charge in [0.05, 0.1) is 11.5 Å². The van der Waals surface area contributed by atoms with Gasteiger partial charge in [-0.3, -0.25) is 0 Å². The minimum absolute atomic E-state index is 0.0520. The van der Waals surface area contributed by atoms with Gasteiger partial charge in [-0.1, -0.05) is 0 Å². The van der Waals surface area contributed by atoms with Crippen molar-refractivity contribution < 1.29 is 12.8 Å². The molecule has 0 saturated carbocycles. The molecule has 2 atom stereocenters. The summed E-state index contributed by atoms with van der Waals surface area (Å²) >= 11 is 0. The fraction of sp³-hybridized carbons (Fsp3) is 1.00. The summed E-state index contributed by atoms with van der Waals surface area (Å²) in [7, 11) is -2.87. The first-order valence-electron chi connectivity index (χ1n) is 6.33. The molecule has 2 heterocycles. The molecule has 0 aromatic heterocycles. The van der Waals surface area contributed by atoms with E-state index in [0.717, 1.165) is 13.0 Å². The molecular formula is C11H21FN2O2S. The van der Waals surface area contributed by atoms with E-state index >= 15 is 0 Å². The number of hydrogen-bond acceptors (Lipinski definition) is 4. The molecule has 0 bridgehead atoms. The van der Waals surface area contributed by atoms with E-state index in [1.54, 1.807) is 0 Å². The van der Waals surface area contributed by atoms with Crippen molar-refractivity contribution in [1.82, 2.24) is 10.6 Å². The van der Waals surface area contributed by atoms with Crippen LogP contribution in [-0.2, 0) is 9.84 Å². The van der Waals surface area contributed by atoms with E-state index in [0.29, 0.717) is 25.8 Å². The Kier molecular flexibility index (Phi) is 4.05. The molecule has 0 aromatic rings. The Morgan fingerprint density at radius 1 is 1.35 bits per heavy atom. The van der Waals surface area contributed by atoms with Gasteiger partial charge in [-0.05, 0) is 38.8 Å². The normalized spacial score (nSPS) is 37.8. The van der Waals surface area contributed by atoms with Crippen molar-refractivity contribution in [2.75, 3.05) is 31.1 Å². The Bertz CT molecular complexity index is 350. The molecule has 2 fully saturated rings. The average molecular weight is 264 g/mol. The molecule has 0 aliphatic carbocycles. The molecule has 2 aliphatic heterocycles. The number of sulfone groups is 1. The van der Waals surface area contributed by atoms with Crippen LogP contribution in [0.5, 0.6) is 0 Å². The van der Waals surface area contributed by atoms with Crippen LogP contribution in [0.4, 0.5) is 4.39 Å². The van der Waals surface area contributed by atoms with Crippen LogP contribution in [0.1, 0.15) is 25.7 Å². The molecule has 17 heavy (non-hydrogen) atoms. The maximum atomic E-state index is 14.4. The quantitative estimate of drug-likeness (QED) is 0.767. The predicted molar refractivity (Wildman–Crippen MR) is 65.6 cm³/mol. The fourth-order valence-electron chi connectivity index (χ4n) is 2.55. The molecule has 2 rings (SSSR count). The SMILES string of the molecule is O=S1(=O)CCC(NCC2(F)CCCNCC2)C1. The van der Waals surface area contributed by atoms with Crippen molar-refractivity contribution in [1.29, 1.82) is 0 Å². The first kappa shape index (κ1) is 13.2. The second kappa shape index (κ2) is 5.20. The molecule has 100 valence electrons. The van der Waals surface area contributed by atoms with E-state index in [1.165, 1.54) is 0 Å².